The topological polar surface area (TPSA) is 21.3 Å². The summed E-state index contributed by atoms with van der Waals surface area (Å²) in [5.74, 6) is 0.592. The molecule has 18 heavy (non-hydrogen) atoms. The van der Waals surface area contributed by atoms with Crippen molar-refractivity contribution in [1.82, 2.24) is 5.32 Å². The van der Waals surface area contributed by atoms with E-state index in [1.54, 1.807) is 7.11 Å². The molecule has 1 unspecified atom stereocenters. The van der Waals surface area contributed by atoms with Gasteiger partial charge in [0.1, 0.15) is 0 Å². The highest BCUT2D eigenvalue weighted by molar-refractivity contribution is 6.35. The maximum Gasteiger partial charge on any atom is 0.0587 e. The van der Waals surface area contributed by atoms with Gasteiger partial charge in [-0.3, -0.25) is 0 Å². The van der Waals surface area contributed by atoms with Crippen molar-refractivity contribution in [3.63, 3.8) is 0 Å². The van der Waals surface area contributed by atoms with Crippen molar-refractivity contribution in [2.75, 3.05) is 26.8 Å². The lowest BCUT2D eigenvalue weighted by molar-refractivity contribution is 0.198. The van der Waals surface area contributed by atoms with Crippen LogP contribution in [0.5, 0.6) is 0 Å². The third kappa shape index (κ3) is 5.57. The van der Waals surface area contributed by atoms with Crippen LogP contribution in [0.4, 0.5) is 0 Å². The molecular weight excluding hydrogens is 269 g/mol. The first-order valence-corrected chi connectivity index (χ1v) is 7.03. The first-order chi connectivity index (χ1) is 8.65. The molecule has 0 aliphatic carbocycles. The van der Waals surface area contributed by atoms with Gasteiger partial charge < -0.3 is 10.1 Å². The quantitative estimate of drug-likeness (QED) is 0.735. The van der Waals surface area contributed by atoms with Crippen LogP contribution in [0.3, 0.4) is 0 Å². The van der Waals surface area contributed by atoms with Crippen LogP contribution in [0.2, 0.25) is 10.0 Å². The molecule has 0 aliphatic rings. The molecule has 2 nitrogen and oxygen atoms in total. The molecule has 0 saturated carbocycles. The van der Waals surface area contributed by atoms with Crippen molar-refractivity contribution in [1.29, 1.82) is 0 Å². The molecule has 1 rings (SSSR count). The number of methoxy groups -OCH3 is 1. The minimum absolute atomic E-state index is 0.592. The fourth-order valence-corrected chi connectivity index (χ4v) is 2.37. The second kappa shape index (κ2) is 8.76. The van der Waals surface area contributed by atoms with E-state index in [1.807, 2.05) is 18.2 Å². The monoisotopic (exact) mass is 289 g/mol. The summed E-state index contributed by atoms with van der Waals surface area (Å²) in [6.45, 7) is 4.87. The van der Waals surface area contributed by atoms with E-state index in [-0.39, 0.29) is 0 Å². The Morgan fingerprint density at radius 1 is 1.28 bits per heavy atom. The third-order valence-corrected chi connectivity index (χ3v) is 3.63. The first kappa shape index (κ1) is 15.8. The van der Waals surface area contributed by atoms with Gasteiger partial charge in [-0.15, -0.1) is 0 Å². The van der Waals surface area contributed by atoms with E-state index < -0.39 is 0 Å². The Morgan fingerprint density at radius 3 is 2.56 bits per heavy atom. The van der Waals surface area contributed by atoms with Crippen LogP contribution in [0, 0.1) is 5.92 Å². The fourth-order valence-electron chi connectivity index (χ4n) is 1.79. The zero-order valence-corrected chi connectivity index (χ0v) is 12.5. The SMILES string of the molecule is COCCNCC(C)CCc1c(Cl)cccc1Cl. The maximum absolute atomic E-state index is 6.14. The molecule has 0 radical (unpaired) electrons. The van der Waals surface area contributed by atoms with Crippen LogP contribution >= 0.6 is 23.2 Å². The molecule has 0 amide bonds. The number of hydrogen-bond donors (Lipinski definition) is 1. The Kier molecular flexibility index (Phi) is 7.68. The van der Waals surface area contributed by atoms with Crippen molar-refractivity contribution >= 4 is 23.2 Å². The third-order valence-electron chi connectivity index (χ3n) is 2.92. The van der Waals surface area contributed by atoms with Gasteiger partial charge in [0.2, 0.25) is 0 Å². The van der Waals surface area contributed by atoms with Crippen molar-refractivity contribution in [3.8, 4) is 0 Å². The number of halogens is 2. The van der Waals surface area contributed by atoms with Gasteiger partial charge in [-0.05, 0) is 43.0 Å². The molecule has 1 aromatic carbocycles. The van der Waals surface area contributed by atoms with Crippen LogP contribution in [0.15, 0.2) is 18.2 Å². The van der Waals surface area contributed by atoms with Gasteiger partial charge >= 0.3 is 0 Å². The molecule has 1 N–H and O–H groups in total. The number of rotatable bonds is 8. The lowest BCUT2D eigenvalue weighted by atomic mass is 10.0. The van der Waals surface area contributed by atoms with E-state index in [1.165, 1.54) is 0 Å². The zero-order chi connectivity index (χ0) is 13.4. The van der Waals surface area contributed by atoms with Gasteiger partial charge in [0.05, 0.1) is 6.61 Å². The predicted molar refractivity (Wildman–Crippen MR) is 78.7 cm³/mol. The van der Waals surface area contributed by atoms with E-state index in [0.717, 1.165) is 48.1 Å². The average molecular weight is 290 g/mol. The Hall–Kier alpha value is -0.280. The summed E-state index contributed by atoms with van der Waals surface area (Å²) in [4.78, 5) is 0. The van der Waals surface area contributed by atoms with Gasteiger partial charge in [-0.2, -0.15) is 0 Å². The molecular formula is C14H21Cl2NO. The Morgan fingerprint density at radius 2 is 1.94 bits per heavy atom. The number of hydrogen-bond acceptors (Lipinski definition) is 2. The number of ether oxygens (including phenoxy) is 1. The highest BCUT2D eigenvalue weighted by Gasteiger charge is 2.08. The molecule has 0 fully saturated rings. The van der Waals surface area contributed by atoms with Crippen LogP contribution < -0.4 is 5.32 Å². The lowest BCUT2D eigenvalue weighted by Crippen LogP contribution is -2.25. The standard InChI is InChI=1S/C14H21Cl2NO/c1-11(10-17-8-9-18-2)6-7-12-13(15)4-3-5-14(12)16/h3-5,11,17H,6-10H2,1-2H3. The summed E-state index contributed by atoms with van der Waals surface area (Å²) >= 11 is 12.3. The summed E-state index contributed by atoms with van der Waals surface area (Å²) in [7, 11) is 1.71. The average Bonchev–Trinajstić information content (AvgIpc) is 2.34. The predicted octanol–water partition coefficient (Wildman–Crippen LogP) is 3.80. The molecule has 0 aromatic heterocycles. The Bertz CT molecular complexity index is 337. The van der Waals surface area contributed by atoms with Crippen LogP contribution in [-0.4, -0.2) is 26.8 Å². The highest BCUT2D eigenvalue weighted by Crippen LogP contribution is 2.26. The normalized spacial score (nSPS) is 12.7. The smallest absolute Gasteiger partial charge is 0.0587 e. The number of benzene rings is 1. The maximum atomic E-state index is 6.14. The molecule has 1 atom stereocenters. The Labute approximate surface area is 120 Å². The van der Waals surface area contributed by atoms with Gasteiger partial charge in [0.25, 0.3) is 0 Å². The van der Waals surface area contributed by atoms with E-state index in [2.05, 4.69) is 12.2 Å². The summed E-state index contributed by atoms with van der Waals surface area (Å²) in [6, 6.07) is 5.67. The van der Waals surface area contributed by atoms with Crippen LogP contribution in [-0.2, 0) is 11.2 Å². The van der Waals surface area contributed by atoms with Gasteiger partial charge in [0.15, 0.2) is 0 Å². The van der Waals surface area contributed by atoms with E-state index in [4.69, 9.17) is 27.9 Å². The summed E-state index contributed by atoms with van der Waals surface area (Å²) < 4.78 is 4.99. The second-order valence-electron chi connectivity index (χ2n) is 4.54. The molecule has 0 heterocycles. The van der Waals surface area contributed by atoms with E-state index >= 15 is 0 Å². The Balaban J connectivity index is 2.31. The van der Waals surface area contributed by atoms with Gasteiger partial charge in [-0.1, -0.05) is 36.2 Å². The van der Waals surface area contributed by atoms with Gasteiger partial charge in [-0.25, -0.2) is 0 Å². The molecule has 0 bridgehead atoms. The van der Waals surface area contributed by atoms with Crippen LogP contribution in [0.25, 0.3) is 0 Å². The van der Waals surface area contributed by atoms with E-state index in [0.29, 0.717) is 5.92 Å². The summed E-state index contributed by atoms with van der Waals surface area (Å²) in [6.07, 6.45) is 2.00. The first-order valence-electron chi connectivity index (χ1n) is 6.27. The van der Waals surface area contributed by atoms with Crippen molar-refractivity contribution in [3.05, 3.63) is 33.8 Å². The molecule has 1 aromatic rings. The highest BCUT2D eigenvalue weighted by atomic mass is 35.5. The minimum atomic E-state index is 0.592. The largest absolute Gasteiger partial charge is 0.383 e. The van der Waals surface area contributed by atoms with Crippen molar-refractivity contribution < 1.29 is 4.74 Å². The lowest BCUT2D eigenvalue weighted by Gasteiger charge is -2.13. The molecule has 0 aliphatic heterocycles. The molecule has 102 valence electrons. The zero-order valence-electron chi connectivity index (χ0n) is 11.0. The summed E-state index contributed by atoms with van der Waals surface area (Å²) in [5.41, 5.74) is 1.06. The van der Waals surface area contributed by atoms with Crippen LogP contribution in [0.1, 0.15) is 18.9 Å². The minimum Gasteiger partial charge on any atom is -0.383 e. The molecule has 0 saturated heterocycles. The molecule has 0 spiro atoms. The molecule has 4 heteroatoms. The van der Waals surface area contributed by atoms with E-state index in [9.17, 15) is 0 Å². The second-order valence-corrected chi connectivity index (χ2v) is 5.36. The fraction of sp³-hybridized carbons (Fsp3) is 0.571. The van der Waals surface area contributed by atoms with Crippen molar-refractivity contribution in [2.45, 2.75) is 19.8 Å². The van der Waals surface area contributed by atoms with Crippen molar-refractivity contribution in [2.24, 2.45) is 5.92 Å². The summed E-state index contributed by atoms with van der Waals surface area (Å²) in [5, 5.41) is 4.89. The number of nitrogens with one attached hydrogen (secondary N) is 1. The van der Waals surface area contributed by atoms with Gasteiger partial charge in [0, 0.05) is 23.7 Å².